The van der Waals surface area contributed by atoms with Crippen LogP contribution >= 0.6 is 11.6 Å². The van der Waals surface area contributed by atoms with Crippen LogP contribution in [0, 0.1) is 5.92 Å². The molecule has 2 N–H and O–H groups in total. The average molecular weight is 297 g/mol. The Bertz CT molecular complexity index is 412. The van der Waals surface area contributed by atoms with E-state index in [1.165, 1.54) is 0 Å². The molecule has 1 aromatic heterocycles. The van der Waals surface area contributed by atoms with Crippen LogP contribution in [0.1, 0.15) is 25.3 Å². The van der Waals surface area contributed by atoms with Gasteiger partial charge in [0, 0.05) is 13.2 Å². The molecule has 1 unspecified atom stereocenters. The van der Waals surface area contributed by atoms with Gasteiger partial charge in [0.15, 0.2) is 0 Å². The van der Waals surface area contributed by atoms with E-state index in [-0.39, 0.29) is 23.5 Å². The second-order valence-corrected chi connectivity index (χ2v) is 4.81. The molecule has 3 nitrogen and oxygen atoms in total. The summed E-state index contributed by atoms with van der Waals surface area (Å²) in [4.78, 5) is 3.79. The maximum Gasteiger partial charge on any atom is 0.416 e. The van der Waals surface area contributed by atoms with Gasteiger partial charge in [-0.2, -0.15) is 13.2 Å². The van der Waals surface area contributed by atoms with Crippen molar-refractivity contribution < 1.29 is 18.3 Å². The Morgan fingerprint density at radius 2 is 2.11 bits per heavy atom. The first kappa shape index (κ1) is 16.0. The monoisotopic (exact) mass is 296 g/mol. The third-order valence-corrected chi connectivity index (χ3v) is 2.81. The van der Waals surface area contributed by atoms with Crippen molar-refractivity contribution in [2.75, 3.05) is 18.5 Å². The van der Waals surface area contributed by atoms with Gasteiger partial charge in [0.2, 0.25) is 0 Å². The van der Waals surface area contributed by atoms with Crippen molar-refractivity contribution in [3.05, 3.63) is 22.8 Å². The van der Waals surface area contributed by atoms with Gasteiger partial charge < -0.3 is 10.4 Å². The molecule has 7 heteroatoms. The SMILES string of the molecule is CC(CO)CCCNc1cc(C(F)(F)F)cc(Cl)n1. The number of nitrogens with zero attached hydrogens (tertiary/aromatic N) is 1. The fourth-order valence-corrected chi connectivity index (χ4v) is 1.72. The molecule has 0 spiro atoms. The smallest absolute Gasteiger partial charge is 0.396 e. The lowest BCUT2D eigenvalue weighted by Crippen LogP contribution is -2.10. The van der Waals surface area contributed by atoms with Crippen LogP contribution in [0.5, 0.6) is 0 Å². The van der Waals surface area contributed by atoms with E-state index in [9.17, 15) is 13.2 Å². The van der Waals surface area contributed by atoms with E-state index in [0.717, 1.165) is 25.0 Å². The third kappa shape index (κ3) is 5.65. The zero-order valence-corrected chi connectivity index (χ0v) is 11.2. The molecule has 1 aromatic rings. The second-order valence-electron chi connectivity index (χ2n) is 4.42. The molecule has 1 atom stereocenters. The molecule has 19 heavy (non-hydrogen) atoms. The highest BCUT2D eigenvalue weighted by molar-refractivity contribution is 6.29. The standard InChI is InChI=1S/C12H16ClF3N2O/c1-8(7-19)3-2-4-17-11-6-9(12(14,15)16)5-10(13)18-11/h5-6,8,19H,2-4,7H2,1H3,(H,17,18). The van der Waals surface area contributed by atoms with Gasteiger partial charge in [-0.15, -0.1) is 0 Å². The summed E-state index contributed by atoms with van der Waals surface area (Å²) in [5.41, 5.74) is -0.821. The van der Waals surface area contributed by atoms with Crippen molar-refractivity contribution in [3.8, 4) is 0 Å². The second kappa shape index (κ2) is 6.96. The number of aliphatic hydroxyl groups is 1. The largest absolute Gasteiger partial charge is 0.416 e. The number of alkyl halides is 3. The van der Waals surface area contributed by atoms with Gasteiger partial charge in [0.1, 0.15) is 11.0 Å². The van der Waals surface area contributed by atoms with E-state index in [0.29, 0.717) is 6.54 Å². The molecule has 0 radical (unpaired) electrons. The molecule has 0 aliphatic heterocycles. The highest BCUT2D eigenvalue weighted by Gasteiger charge is 2.31. The van der Waals surface area contributed by atoms with Crippen molar-refractivity contribution in [2.24, 2.45) is 5.92 Å². The Labute approximate surface area is 114 Å². The molecule has 108 valence electrons. The van der Waals surface area contributed by atoms with Crippen LogP contribution in [0.2, 0.25) is 5.15 Å². The van der Waals surface area contributed by atoms with Gasteiger partial charge >= 0.3 is 6.18 Å². The number of rotatable bonds is 6. The molecular formula is C12H16ClF3N2O. The van der Waals surface area contributed by atoms with E-state index in [1.807, 2.05) is 6.92 Å². The highest BCUT2D eigenvalue weighted by Crippen LogP contribution is 2.31. The fourth-order valence-electron chi connectivity index (χ4n) is 1.51. The van der Waals surface area contributed by atoms with E-state index >= 15 is 0 Å². The number of anilines is 1. The van der Waals surface area contributed by atoms with E-state index in [2.05, 4.69) is 10.3 Å². The Balaban J connectivity index is 2.57. The molecule has 1 heterocycles. The van der Waals surface area contributed by atoms with Crippen LogP contribution in [0.25, 0.3) is 0 Å². The van der Waals surface area contributed by atoms with Gasteiger partial charge in [-0.05, 0) is 30.9 Å². The predicted molar refractivity (Wildman–Crippen MR) is 68.2 cm³/mol. The van der Waals surface area contributed by atoms with Gasteiger partial charge in [0.25, 0.3) is 0 Å². The van der Waals surface area contributed by atoms with Gasteiger partial charge in [-0.1, -0.05) is 18.5 Å². The molecule has 0 aromatic carbocycles. The molecule has 0 saturated heterocycles. The quantitative estimate of drug-likeness (QED) is 0.623. The summed E-state index contributed by atoms with van der Waals surface area (Å²) in [7, 11) is 0. The molecule has 0 fully saturated rings. The number of halogens is 4. The summed E-state index contributed by atoms with van der Waals surface area (Å²) >= 11 is 5.56. The minimum absolute atomic E-state index is 0.105. The summed E-state index contributed by atoms with van der Waals surface area (Å²) in [6.07, 6.45) is -2.91. The lowest BCUT2D eigenvalue weighted by Gasteiger charge is -2.11. The van der Waals surface area contributed by atoms with Crippen molar-refractivity contribution in [1.29, 1.82) is 0 Å². The van der Waals surface area contributed by atoms with Gasteiger partial charge in [-0.3, -0.25) is 0 Å². The normalized spacial score (nSPS) is 13.4. The number of pyridine rings is 1. The molecule has 0 aliphatic carbocycles. The number of aromatic nitrogens is 1. The summed E-state index contributed by atoms with van der Waals surface area (Å²) in [5, 5.41) is 11.4. The van der Waals surface area contributed by atoms with Crippen molar-refractivity contribution in [2.45, 2.75) is 25.9 Å². The maximum atomic E-state index is 12.5. The first-order valence-corrected chi connectivity index (χ1v) is 6.30. The summed E-state index contributed by atoms with van der Waals surface area (Å²) in [6, 6.07) is 1.72. The topological polar surface area (TPSA) is 45.1 Å². The van der Waals surface area contributed by atoms with Crippen LogP contribution < -0.4 is 5.32 Å². The van der Waals surface area contributed by atoms with Crippen LogP contribution in [0.15, 0.2) is 12.1 Å². The predicted octanol–water partition coefficient (Wildman–Crippen LogP) is 3.57. The van der Waals surface area contributed by atoms with Crippen LogP contribution in [0.3, 0.4) is 0 Å². The average Bonchev–Trinajstić information content (AvgIpc) is 2.32. The zero-order chi connectivity index (χ0) is 14.5. The lowest BCUT2D eigenvalue weighted by molar-refractivity contribution is -0.137. The molecule has 1 rings (SSSR count). The molecule has 0 saturated carbocycles. The van der Waals surface area contributed by atoms with Crippen LogP contribution in [-0.4, -0.2) is 23.2 Å². The fraction of sp³-hybridized carbons (Fsp3) is 0.583. The van der Waals surface area contributed by atoms with Crippen molar-refractivity contribution >= 4 is 17.4 Å². The summed E-state index contributed by atoms with van der Waals surface area (Å²) in [5.74, 6) is 0.288. The molecule has 0 aliphatic rings. The summed E-state index contributed by atoms with van der Waals surface area (Å²) < 4.78 is 37.6. The summed E-state index contributed by atoms with van der Waals surface area (Å²) in [6.45, 7) is 2.49. The highest BCUT2D eigenvalue weighted by atomic mass is 35.5. The minimum Gasteiger partial charge on any atom is -0.396 e. The number of nitrogens with one attached hydrogen (secondary N) is 1. The molecular weight excluding hydrogens is 281 g/mol. The first-order valence-electron chi connectivity index (χ1n) is 5.92. The van der Waals surface area contributed by atoms with Crippen molar-refractivity contribution in [3.63, 3.8) is 0 Å². The number of aliphatic hydroxyl groups excluding tert-OH is 1. The maximum absolute atomic E-state index is 12.5. The number of hydrogen-bond acceptors (Lipinski definition) is 3. The number of hydrogen-bond donors (Lipinski definition) is 2. The zero-order valence-electron chi connectivity index (χ0n) is 10.5. The van der Waals surface area contributed by atoms with Gasteiger partial charge in [0.05, 0.1) is 5.56 Å². The Hall–Kier alpha value is -1.01. The third-order valence-electron chi connectivity index (χ3n) is 2.61. The van der Waals surface area contributed by atoms with E-state index < -0.39 is 11.7 Å². The lowest BCUT2D eigenvalue weighted by atomic mass is 10.1. The molecule has 0 bridgehead atoms. The Kier molecular flexibility index (Phi) is 5.87. The van der Waals surface area contributed by atoms with Crippen molar-refractivity contribution in [1.82, 2.24) is 4.98 Å². The molecule has 0 amide bonds. The van der Waals surface area contributed by atoms with E-state index in [4.69, 9.17) is 16.7 Å². The van der Waals surface area contributed by atoms with Gasteiger partial charge in [-0.25, -0.2) is 4.98 Å². The Morgan fingerprint density at radius 1 is 1.42 bits per heavy atom. The van der Waals surface area contributed by atoms with Crippen LogP contribution in [-0.2, 0) is 6.18 Å². The van der Waals surface area contributed by atoms with E-state index in [1.54, 1.807) is 0 Å². The first-order chi connectivity index (χ1) is 8.82. The minimum atomic E-state index is -4.44. The Morgan fingerprint density at radius 3 is 2.68 bits per heavy atom. The van der Waals surface area contributed by atoms with Crippen LogP contribution in [0.4, 0.5) is 19.0 Å².